The monoisotopic (exact) mass is 374 g/mol. The fraction of sp³-hybridized carbons (Fsp3) is 0.333. The fourth-order valence-electron chi connectivity index (χ4n) is 2.93. The van der Waals surface area contributed by atoms with Gasteiger partial charge in [0.15, 0.2) is 0 Å². The second kappa shape index (κ2) is 8.73. The van der Waals surface area contributed by atoms with Crippen molar-refractivity contribution >= 4 is 23.4 Å². The van der Waals surface area contributed by atoms with Crippen molar-refractivity contribution < 1.29 is 14.5 Å². The lowest BCUT2D eigenvalue weighted by molar-refractivity contribution is -0.917. The van der Waals surface area contributed by atoms with Crippen LogP contribution in [0.1, 0.15) is 16.1 Å². The van der Waals surface area contributed by atoms with Crippen LogP contribution in [0.4, 0.5) is 0 Å². The van der Waals surface area contributed by atoms with E-state index in [0.717, 1.165) is 19.6 Å². The highest BCUT2D eigenvalue weighted by Gasteiger charge is 2.24. The number of quaternary nitrogens is 1. The molecule has 3 heterocycles. The van der Waals surface area contributed by atoms with E-state index in [1.165, 1.54) is 22.7 Å². The highest BCUT2D eigenvalue weighted by molar-refractivity contribution is 6.30. The van der Waals surface area contributed by atoms with Crippen molar-refractivity contribution in [2.75, 3.05) is 32.7 Å². The molecule has 2 N–H and O–H groups in total. The number of nitrogens with zero attached hydrogens (tertiary/aromatic N) is 3. The summed E-state index contributed by atoms with van der Waals surface area (Å²) < 4.78 is 0. The smallest absolute Gasteiger partial charge is 0.270 e. The van der Waals surface area contributed by atoms with E-state index in [9.17, 15) is 9.59 Å². The van der Waals surface area contributed by atoms with Crippen LogP contribution in [0, 0.1) is 0 Å². The SMILES string of the molecule is O=C(NCC(=O)N1CC[NH+](Cc2ccncc2)CC1)c1cc(Cl)ccn1. The quantitative estimate of drug-likeness (QED) is 0.759. The first-order valence-corrected chi connectivity index (χ1v) is 8.89. The lowest BCUT2D eigenvalue weighted by Crippen LogP contribution is -3.13. The van der Waals surface area contributed by atoms with Gasteiger partial charge in [-0.1, -0.05) is 11.6 Å². The minimum Gasteiger partial charge on any atom is -0.342 e. The third-order valence-electron chi connectivity index (χ3n) is 4.38. The van der Waals surface area contributed by atoms with Crippen LogP contribution in [0.15, 0.2) is 42.9 Å². The van der Waals surface area contributed by atoms with Crippen LogP contribution in [0.2, 0.25) is 5.02 Å². The first-order chi connectivity index (χ1) is 12.6. The zero-order chi connectivity index (χ0) is 18.4. The van der Waals surface area contributed by atoms with Crippen molar-refractivity contribution in [2.24, 2.45) is 0 Å². The number of carbonyl (C=O) groups excluding carboxylic acids is 2. The van der Waals surface area contributed by atoms with Gasteiger partial charge in [0.2, 0.25) is 5.91 Å². The average molecular weight is 375 g/mol. The number of rotatable bonds is 5. The number of piperazine rings is 1. The fourth-order valence-corrected chi connectivity index (χ4v) is 3.09. The molecule has 2 aromatic heterocycles. The van der Waals surface area contributed by atoms with Crippen molar-refractivity contribution in [2.45, 2.75) is 6.54 Å². The normalized spacial score (nSPS) is 14.9. The summed E-state index contributed by atoms with van der Waals surface area (Å²) in [6.45, 7) is 4.04. The van der Waals surface area contributed by atoms with Gasteiger partial charge in [-0.25, -0.2) is 0 Å². The molecule has 0 saturated carbocycles. The number of amides is 2. The molecule has 7 nitrogen and oxygen atoms in total. The summed E-state index contributed by atoms with van der Waals surface area (Å²) >= 11 is 5.84. The molecule has 1 aliphatic heterocycles. The third kappa shape index (κ3) is 5.00. The van der Waals surface area contributed by atoms with Crippen molar-refractivity contribution in [3.63, 3.8) is 0 Å². The number of hydrogen-bond acceptors (Lipinski definition) is 4. The summed E-state index contributed by atoms with van der Waals surface area (Å²) in [4.78, 5) is 35.5. The summed E-state index contributed by atoms with van der Waals surface area (Å²) in [6.07, 6.45) is 5.06. The summed E-state index contributed by atoms with van der Waals surface area (Å²) in [5.74, 6) is -0.480. The molecule has 0 unspecified atom stereocenters. The van der Waals surface area contributed by atoms with Gasteiger partial charge in [0.25, 0.3) is 5.91 Å². The molecule has 0 bridgehead atoms. The first kappa shape index (κ1) is 18.3. The number of nitrogens with one attached hydrogen (secondary N) is 2. The predicted octanol–water partition coefficient (Wildman–Crippen LogP) is -0.213. The maximum Gasteiger partial charge on any atom is 0.270 e. The number of aromatic nitrogens is 2. The lowest BCUT2D eigenvalue weighted by atomic mass is 10.2. The molecular weight excluding hydrogens is 354 g/mol. The topological polar surface area (TPSA) is 79.6 Å². The van der Waals surface area contributed by atoms with Crippen molar-refractivity contribution in [3.05, 3.63) is 59.1 Å². The van der Waals surface area contributed by atoms with Crippen molar-refractivity contribution in [1.82, 2.24) is 20.2 Å². The Morgan fingerprint density at radius 2 is 1.88 bits per heavy atom. The molecular formula is C18H21ClN5O2+. The van der Waals surface area contributed by atoms with Gasteiger partial charge in [0.1, 0.15) is 12.2 Å². The molecule has 1 fully saturated rings. The largest absolute Gasteiger partial charge is 0.342 e. The molecule has 0 aromatic carbocycles. The van der Waals surface area contributed by atoms with E-state index in [-0.39, 0.29) is 18.1 Å². The molecule has 26 heavy (non-hydrogen) atoms. The van der Waals surface area contributed by atoms with Gasteiger partial charge in [0, 0.05) is 29.2 Å². The molecule has 0 radical (unpaired) electrons. The third-order valence-corrected chi connectivity index (χ3v) is 4.62. The minimum atomic E-state index is -0.400. The van der Waals surface area contributed by atoms with Crippen molar-refractivity contribution in [3.8, 4) is 0 Å². The van der Waals surface area contributed by atoms with E-state index >= 15 is 0 Å². The summed E-state index contributed by atoms with van der Waals surface area (Å²) in [6, 6.07) is 7.10. The highest BCUT2D eigenvalue weighted by Crippen LogP contribution is 2.07. The van der Waals surface area contributed by atoms with Crippen LogP contribution in [0.25, 0.3) is 0 Å². The number of hydrogen-bond donors (Lipinski definition) is 2. The molecule has 136 valence electrons. The Hall–Kier alpha value is -2.51. The van der Waals surface area contributed by atoms with E-state index < -0.39 is 5.91 Å². The van der Waals surface area contributed by atoms with Crippen LogP contribution in [-0.4, -0.2) is 59.4 Å². The van der Waals surface area contributed by atoms with Gasteiger partial charge in [0.05, 0.1) is 32.7 Å². The molecule has 1 saturated heterocycles. The van der Waals surface area contributed by atoms with E-state index in [1.807, 2.05) is 12.1 Å². The van der Waals surface area contributed by atoms with Crippen LogP contribution in [0.3, 0.4) is 0 Å². The van der Waals surface area contributed by atoms with E-state index in [0.29, 0.717) is 18.1 Å². The highest BCUT2D eigenvalue weighted by atomic mass is 35.5. The molecule has 1 aliphatic rings. The second-order valence-electron chi connectivity index (χ2n) is 6.21. The van der Waals surface area contributed by atoms with Gasteiger partial charge in [-0.15, -0.1) is 0 Å². The standard InChI is InChI=1S/C18H20ClN5O2/c19-15-3-6-21-16(11-15)18(26)22-12-17(25)24-9-7-23(8-10-24)13-14-1-4-20-5-2-14/h1-6,11H,7-10,12-13H2,(H,22,26)/p+1. The molecule has 3 rings (SSSR count). The minimum absolute atomic E-state index is 0.0350. The zero-order valence-corrected chi connectivity index (χ0v) is 15.1. The van der Waals surface area contributed by atoms with Crippen LogP contribution >= 0.6 is 11.6 Å². The molecule has 2 aromatic rings. The number of halogens is 1. The Kier molecular flexibility index (Phi) is 6.14. The Morgan fingerprint density at radius 3 is 2.58 bits per heavy atom. The zero-order valence-electron chi connectivity index (χ0n) is 14.3. The van der Waals surface area contributed by atoms with E-state index in [4.69, 9.17) is 11.6 Å². The van der Waals surface area contributed by atoms with Crippen LogP contribution in [0.5, 0.6) is 0 Å². The number of carbonyl (C=O) groups is 2. The van der Waals surface area contributed by atoms with Gasteiger partial charge in [-0.3, -0.25) is 19.6 Å². The molecule has 2 amide bonds. The predicted molar refractivity (Wildman–Crippen MR) is 96.8 cm³/mol. The molecule has 8 heteroatoms. The summed E-state index contributed by atoms with van der Waals surface area (Å²) in [5.41, 5.74) is 1.45. The van der Waals surface area contributed by atoms with E-state index in [2.05, 4.69) is 15.3 Å². The second-order valence-corrected chi connectivity index (χ2v) is 6.64. The van der Waals surface area contributed by atoms with Gasteiger partial charge in [-0.05, 0) is 24.3 Å². The van der Waals surface area contributed by atoms with Crippen LogP contribution < -0.4 is 10.2 Å². The van der Waals surface area contributed by atoms with Crippen molar-refractivity contribution in [1.29, 1.82) is 0 Å². The molecule has 0 spiro atoms. The first-order valence-electron chi connectivity index (χ1n) is 8.52. The molecule has 0 atom stereocenters. The van der Waals surface area contributed by atoms with Gasteiger partial charge >= 0.3 is 0 Å². The van der Waals surface area contributed by atoms with E-state index in [1.54, 1.807) is 23.4 Å². The maximum atomic E-state index is 12.3. The Balaban J connectivity index is 1.43. The average Bonchev–Trinajstić information content (AvgIpc) is 2.67. The Morgan fingerprint density at radius 1 is 1.15 bits per heavy atom. The van der Waals surface area contributed by atoms with Crippen LogP contribution in [-0.2, 0) is 11.3 Å². The maximum absolute atomic E-state index is 12.3. The summed E-state index contributed by atoms with van der Waals surface area (Å²) in [7, 11) is 0. The lowest BCUT2D eigenvalue weighted by Gasteiger charge is -2.32. The molecule has 0 aliphatic carbocycles. The Bertz CT molecular complexity index is 763. The summed E-state index contributed by atoms with van der Waals surface area (Å²) in [5, 5.41) is 3.04. The number of pyridine rings is 2. The van der Waals surface area contributed by atoms with Gasteiger partial charge < -0.3 is 15.1 Å². The Labute approximate surface area is 157 Å². The van der Waals surface area contributed by atoms with Gasteiger partial charge in [-0.2, -0.15) is 0 Å².